The van der Waals surface area contributed by atoms with Crippen molar-refractivity contribution in [3.63, 3.8) is 0 Å². The van der Waals surface area contributed by atoms with Crippen molar-refractivity contribution in [2.75, 3.05) is 24.6 Å². The molecule has 1 aliphatic rings. The van der Waals surface area contributed by atoms with Crippen LogP contribution >= 0.6 is 0 Å². The van der Waals surface area contributed by atoms with E-state index in [1.165, 1.54) is 0 Å². The van der Waals surface area contributed by atoms with Crippen LogP contribution in [0.5, 0.6) is 0 Å². The van der Waals surface area contributed by atoms with Crippen molar-refractivity contribution < 1.29 is 18.3 Å². The monoisotopic (exact) mass is 250 g/mol. The lowest BCUT2D eigenvalue weighted by atomic mass is 10.2. The van der Waals surface area contributed by atoms with E-state index in [4.69, 9.17) is 0 Å². The van der Waals surface area contributed by atoms with Gasteiger partial charge in [-0.15, -0.1) is 0 Å². The van der Waals surface area contributed by atoms with E-state index in [9.17, 15) is 18.3 Å². The Labute approximate surface area is 95.3 Å². The van der Waals surface area contributed by atoms with E-state index in [1.807, 2.05) is 0 Å². The number of sulfone groups is 1. The summed E-state index contributed by atoms with van der Waals surface area (Å²) >= 11 is 0. The van der Waals surface area contributed by atoms with Crippen LogP contribution in [0.2, 0.25) is 0 Å². The molecule has 94 valence electrons. The number of hydrogen-bond donors (Lipinski definition) is 3. The van der Waals surface area contributed by atoms with Gasteiger partial charge in [0.05, 0.1) is 17.6 Å². The van der Waals surface area contributed by atoms with E-state index < -0.39 is 22.0 Å². The maximum atomic E-state index is 11.2. The van der Waals surface area contributed by atoms with E-state index in [2.05, 4.69) is 10.6 Å². The average molecular weight is 250 g/mol. The lowest BCUT2D eigenvalue weighted by Gasteiger charge is -2.14. The summed E-state index contributed by atoms with van der Waals surface area (Å²) in [6.45, 7) is 2.66. The summed E-state index contributed by atoms with van der Waals surface area (Å²) in [4.78, 5) is 10.9. The SMILES string of the molecule is CCC(=O)NCCNC1CS(=O)(=O)CC1O. The molecule has 0 saturated carbocycles. The van der Waals surface area contributed by atoms with Crippen molar-refractivity contribution in [3.05, 3.63) is 0 Å². The number of carbonyl (C=O) groups excluding carboxylic acids is 1. The molecule has 0 aromatic carbocycles. The summed E-state index contributed by atoms with van der Waals surface area (Å²) in [7, 11) is -3.10. The average Bonchev–Trinajstić information content (AvgIpc) is 2.46. The highest BCUT2D eigenvalue weighted by molar-refractivity contribution is 7.91. The number of amides is 1. The predicted octanol–water partition coefficient (Wildman–Crippen LogP) is -1.74. The zero-order valence-corrected chi connectivity index (χ0v) is 10.1. The first-order valence-corrected chi connectivity index (χ1v) is 7.15. The molecule has 6 nitrogen and oxygen atoms in total. The number of rotatable bonds is 5. The summed E-state index contributed by atoms with van der Waals surface area (Å²) in [5.41, 5.74) is 0. The topological polar surface area (TPSA) is 95.5 Å². The van der Waals surface area contributed by atoms with Gasteiger partial charge in [-0.25, -0.2) is 8.42 Å². The third-order valence-electron chi connectivity index (χ3n) is 2.50. The maximum Gasteiger partial charge on any atom is 0.219 e. The minimum absolute atomic E-state index is 0.0319. The van der Waals surface area contributed by atoms with Gasteiger partial charge in [-0.1, -0.05) is 6.92 Å². The van der Waals surface area contributed by atoms with Crippen molar-refractivity contribution in [2.45, 2.75) is 25.5 Å². The molecule has 1 rings (SSSR count). The molecule has 2 unspecified atom stereocenters. The molecule has 7 heteroatoms. The summed E-state index contributed by atoms with van der Waals surface area (Å²) in [5.74, 6) is -0.247. The van der Waals surface area contributed by atoms with Crippen LogP contribution in [0.3, 0.4) is 0 Å². The molecule has 0 spiro atoms. The molecule has 1 amide bonds. The van der Waals surface area contributed by atoms with Gasteiger partial charge in [-0.05, 0) is 0 Å². The van der Waals surface area contributed by atoms with Gasteiger partial charge >= 0.3 is 0 Å². The van der Waals surface area contributed by atoms with E-state index >= 15 is 0 Å². The Kier molecular flexibility index (Phi) is 4.69. The molecule has 0 aromatic rings. The van der Waals surface area contributed by atoms with Gasteiger partial charge in [0.1, 0.15) is 0 Å². The second kappa shape index (κ2) is 5.60. The molecule has 1 saturated heterocycles. The predicted molar refractivity (Wildman–Crippen MR) is 59.8 cm³/mol. The third-order valence-corrected chi connectivity index (χ3v) is 4.21. The highest BCUT2D eigenvalue weighted by atomic mass is 32.2. The van der Waals surface area contributed by atoms with Crippen molar-refractivity contribution in [1.82, 2.24) is 10.6 Å². The fraction of sp³-hybridized carbons (Fsp3) is 0.889. The molecule has 0 bridgehead atoms. The Balaban J connectivity index is 2.21. The van der Waals surface area contributed by atoms with Crippen molar-refractivity contribution in [3.8, 4) is 0 Å². The van der Waals surface area contributed by atoms with Crippen LogP contribution in [0.4, 0.5) is 0 Å². The first-order valence-electron chi connectivity index (χ1n) is 5.33. The molecular weight excluding hydrogens is 232 g/mol. The Morgan fingerprint density at radius 3 is 2.56 bits per heavy atom. The number of nitrogens with one attached hydrogen (secondary N) is 2. The van der Waals surface area contributed by atoms with E-state index in [1.54, 1.807) is 6.92 Å². The highest BCUT2D eigenvalue weighted by Crippen LogP contribution is 2.11. The first-order chi connectivity index (χ1) is 7.44. The number of aliphatic hydroxyl groups excluding tert-OH is 1. The molecule has 0 aromatic heterocycles. The smallest absolute Gasteiger partial charge is 0.219 e. The van der Waals surface area contributed by atoms with Crippen LogP contribution in [0, 0.1) is 0 Å². The van der Waals surface area contributed by atoms with Crippen LogP contribution in [0.15, 0.2) is 0 Å². The normalized spacial score (nSPS) is 27.9. The molecule has 0 aliphatic carbocycles. The Morgan fingerprint density at radius 2 is 2.06 bits per heavy atom. The van der Waals surface area contributed by atoms with Crippen LogP contribution in [0.25, 0.3) is 0 Å². The van der Waals surface area contributed by atoms with Gasteiger partial charge < -0.3 is 15.7 Å². The number of hydrogen-bond acceptors (Lipinski definition) is 5. The first kappa shape index (κ1) is 13.4. The Bertz CT molecular complexity index is 341. The maximum absolute atomic E-state index is 11.2. The van der Waals surface area contributed by atoms with Crippen LogP contribution in [-0.4, -0.2) is 56.2 Å². The van der Waals surface area contributed by atoms with Gasteiger partial charge in [0, 0.05) is 25.6 Å². The lowest BCUT2D eigenvalue weighted by Crippen LogP contribution is -2.42. The molecule has 1 fully saturated rings. The van der Waals surface area contributed by atoms with Crippen molar-refractivity contribution in [2.24, 2.45) is 0 Å². The van der Waals surface area contributed by atoms with Gasteiger partial charge in [-0.3, -0.25) is 4.79 Å². The van der Waals surface area contributed by atoms with Crippen LogP contribution in [-0.2, 0) is 14.6 Å². The quantitative estimate of drug-likeness (QED) is 0.503. The molecule has 1 aliphatic heterocycles. The van der Waals surface area contributed by atoms with Gasteiger partial charge in [0.25, 0.3) is 0 Å². The van der Waals surface area contributed by atoms with Crippen LogP contribution < -0.4 is 10.6 Å². The van der Waals surface area contributed by atoms with Gasteiger partial charge in [0.2, 0.25) is 5.91 Å². The summed E-state index contributed by atoms with van der Waals surface area (Å²) < 4.78 is 22.3. The van der Waals surface area contributed by atoms with E-state index in [0.717, 1.165) is 0 Å². The molecule has 16 heavy (non-hydrogen) atoms. The molecule has 3 N–H and O–H groups in total. The number of aliphatic hydroxyl groups is 1. The summed E-state index contributed by atoms with van der Waals surface area (Å²) in [6, 6.07) is -0.413. The molecular formula is C9H18N2O4S. The standard InChI is InChI=1S/C9H18N2O4S/c1-2-9(13)11-4-3-10-7-5-16(14,15)6-8(7)12/h7-8,10,12H,2-6H2,1H3,(H,11,13). The van der Waals surface area contributed by atoms with Crippen molar-refractivity contribution >= 4 is 15.7 Å². The number of carbonyl (C=O) groups is 1. The molecule has 0 radical (unpaired) electrons. The molecule has 2 atom stereocenters. The van der Waals surface area contributed by atoms with Crippen LogP contribution in [0.1, 0.15) is 13.3 Å². The van der Waals surface area contributed by atoms with Gasteiger partial charge in [-0.2, -0.15) is 0 Å². The Morgan fingerprint density at radius 1 is 1.38 bits per heavy atom. The third kappa shape index (κ3) is 4.07. The summed E-state index contributed by atoms with van der Waals surface area (Å²) in [5, 5.41) is 15.0. The second-order valence-corrected chi connectivity index (χ2v) is 6.06. The molecule has 1 heterocycles. The lowest BCUT2D eigenvalue weighted by molar-refractivity contribution is -0.120. The zero-order valence-electron chi connectivity index (χ0n) is 9.27. The van der Waals surface area contributed by atoms with E-state index in [-0.39, 0.29) is 17.4 Å². The minimum Gasteiger partial charge on any atom is -0.390 e. The largest absolute Gasteiger partial charge is 0.390 e. The van der Waals surface area contributed by atoms with Crippen molar-refractivity contribution in [1.29, 1.82) is 0 Å². The minimum atomic E-state index is -3.10. The van der Waals surface area contributed by atoms with E-state index in [0.29, 0.717) is 19.5 Å². The second-order valence-electron chi connectivity index (χ2n) is 3.91. The highest BCUT2D eigenvalue weighted by Gasteiger charge is 2.35. The Hall–Kier alpha value is -0.660. The van der Waals surface area contributed by atoms with Gasteiger partial charge in [0.15, 0.2) is 9.84 Å². The summed E-state index contributed by atoms with van der Waals surface area (Å²) in [6.07, 6.45) is -0.410. The fourth-order valence-electron chi connectivity index (χ4n) is 1.61. The fourth-order valence-corrected chi connectivity index (χ4v) is 3.38. The zero-order chi connectivity index (χ0) is 12.2.